The third kappa shape index (κ3) is 3.65. The molecule has 1 aliphatic heterocycles. The summed E-state index contributed by atoms with van der Waals surface area (Å²) in [6, 6.07) is -1.89. The number of hydrogen-bond acceptors (Lipinski definition) is 10. The van der Waals surface area contributed by atoms with Gasteiger partial charge in [0, 0.05) is 0 Å². The quantitative estimate of drug-likeness (QED) is 0.285. The van der Waals surface area contributed by atoms with Crippen molar-refractivity contribution >= 4 is 29.3 Å². The molecule has 1 saturated heterocycles. The fourth-order valence-electron chi connectivity index (χ4n) is 2.80. The van der Waals surface area contributed by atoms with Gasteiger partial charge in [-0.25, -0.2) is 19.7 Å². The summed E-state index contributed by atoms with van der Waals surface area (Å²) in [6.07, 6.45) is -2.90. The van der Waals surface area contributed by atoms with E-state index >= 15 is 0 Å². The van der Waals surface area contributed by atoms with Crippen molar-refractivity contribution in [2.24, 2.45) is 0 Å². The molecule has 0 bridgehead atoms. The van der Waals surface area contributed by atoms with E-state index in [1.54, 1.807) is 0 Å². The zero-order chi connectivity index (χ0) is 20.4. The molecule has 2 aromatic rings. The van der Waals surface area contributed by atoms with Crippen LogP contribution in [0.1, 0.15) is 13.2 Å². The number of carbonyl (C=O) groups excluding carboxylic acids is 2. The number of fused-ring (bicyclic) bond motifs is 1. The number of ether oxygens (including phenoxy) is 1. The SMILES string of the molecule is C[C@@H](O)[C@@H](C=O)NC(=O)Nc1ncnc2c1ncn2[C@@H]1O[C@H](CO)C(O)C1O. The number of amides is 2. The normalized spacial score (nSPS) is 26.8. The van der Waals surface area contributed by atoms with Crippen LogP contribution in [0.3, 0.4) is 0 Å². The molecular formula is C15H20N6O7. The second-order valence-electron chi connectivity index (χ2n) is 6.28. The van der Waals surface area contributed by atoms with Crippen molar-refractivity contribution in [1.29, 1.82) is 0 Å². The van der Waals surface area contributed by atoms with Crippen LogP contribution >= 0.6 is 0 Å². The van der Waals surface area contributed by atoms with Gasteiger partial charge in [-0.2, -0.15) is 0 Å². The van der Waals surface area contributed by atoms with Crippen molar-refractivity contribution in [3.05, 3.63) is 12.7 Å². The van der Waals surface area contributed by atoms with E-state index in [2.05, 4.69) is 25.6 Å². The Morgan fingerprint density at radius 1 is 1.36 bits per heavy atom. The van der Waals surface area contributed by atoms with Gasteiger partial charge in [-0.1, -0.05) is 0 Å². The van der Waals surface area contributed by atoms with Gasteiger partial charge >= 0.3 is 6.03 Å². The lowest BCUT2D eigenvalue weighted by atomic mass is 10.1. The highest BCUT2D eigenvalue weighted by molar-refractivity contribution is 5.96. The topological polar surface area (TPSA) is 192 Å². The van der Waals surface area contributed by atoms with E-state index in [9.17, 15) is 30.0 Å². The van der Waals surface area contributed by atoms with Gasteiger partial charge in [0.15, 0.2) is 23.2 Å². The molecule has 2 aromatic heterocycles. The van der Waals surface area contributed by atoms with Gasteiger partial charge in [-0.3, -0.25) is 9.88 Å². The third-order valence-corrected chi connectivity index (χ3v) is 4.35. The summed E-state index contributed by atoms with van der Waals surface area (Å²) in [4.78, 5) is 35.0. The fraction of sp³-hybridized carbons (Fsp3) is 0.533. The first-order valence-corrected chi connectivity index (χ1v) is 8.38. The van der Waals surface area contributed by atoms with Crippen LogP contribution in [0.4, 0.5) is 10.6 Å². The molecule has 6 atom stereocenters. The molecule has 0 saturated carbocycles. The van der Waals surface area contributed by atoms with Crippen LogP contribution < -0.4 is 10.6 Å². The Bertz CT molecular complexity index is 859. The molecule has 1 fully saturated rings. The van der Waals surface area contributed by atoms with Crippen LogP contribution in [0.15, 0.2) is 12.7 Å². The fourth-order valence-corrected chi connectivity index (χ4v) is 2.80. The van der Waals surface area contributed by atoms with Crippen LogP contribution in [0.2, 0.25) is 0 Å². The maximum atomic E-state index is 12.1. The highest BCUT2D eigenvalue weighted by atomic mass is 16.6. The first-order chi connectivity index (χ1) is 13.4. The maximum Gasteiger partial charge on any atom is 0.321 e. The van der Waals surface area contributed by atoms with Gasteiger partial charge in [0.1, 0.15) is 37.0 Å². The second-order valence-corrected chi connectivity index (χ2v) is 6.28. The second kappa shape index (κ2) is 8.12. The zero-order valence-electron chi connectivity index (χ0n) is 14.7. The summed E-state index contributed by atoms with van der Waals surface area (Å²) >= 11 is 0. The molecule has 2 amide bonds. The summed E-state index contributed by atoms with van der Waals surface area (Å²) in [7, 11) is 0. The van der Waals surface area contributed by atoms with Gasteiger partial charge in [-0.15, -0.1) is 0 Å². The number of aliphatic hydroxyl groups is 4. The van der Waals surface area contributed by atoms with Crippen molar-refractivity contribution < 1.29 is 34.8 Å². The molecule has 28 heavy (non-hydrogen) atoms. The molecule has 0 radical (unpaired) electrons. The number of aliphatic hydroxyl groups excluding tert-OH is 4. The number of aldehydes is 1. The molecule has 3 rings (SSSR count). The maximum absolute atomic E-state index is 12.1. The number of carbonyl (C=O) groups is 2. The van der Waals surface area contributed by atoms with E-state index in [1.165, 1.54) is 17.8 Å². The number of anilines is 1. The minimum atomic E-state index is -1.33. The summed E-state index contributed by atoms with van der Waals surface area (Å²) in [6.45, 7) is 0.870. The average molecular weight is 396 g/mol. The van der Waals surface area contributed by atoms with Crippen molar-refractivity contribution in [1.82, 2.24) is 24.8 Å². The van der Waals surface area contributed by atoms with Gasteiger partial charge in [0.05, 0.1) is 19.0 Å². The van der Waals surface area contributed by atoms with E-state index in [1.807, 2.05) is 0 Å². The Kier molecular flexibility index (Phi) is 5.81. The third-order valence-electron chi connectivity index (χ3n) is 4.35. The number of nitrogens with one attached hydrogen (secondary N) is 2. The summed E-state index contributed by atoms with van der Waals surface area (Å²) in [5.74, 6) is 0.0169. The van der Waals surface area contributed by atoms with E-state index in [-0.39, 0.29) is 17.0 Å². The van der Waals surface area contributed by atoms with Crippen LogP contribution in [-0.4, -0.2) is 89.3 Å². The Morgan fingerprint density at radius 3 is 2.71 bits per heavy atom. The highest BCUT2D eigenvalue weighted by Gasteiger charge is 2.44. The molecule has 13 heteroatoms. The predicted molar refractivity (Wildman–Crippen MR) is 92.0 cm³/mol. The van der Waals surface area contributed by atoms with Crippen LogP contribution in [-0.2, 0) is 9.53 Å². The number of aromatic nitrogens is 4. The lowest BCUT2D eigenvalue weighted by Gasteiger charge is -2.17. The number of rotatable bonds is 6. The summed E-state index contributed by atoms with van der Waals surface area (Å²) in [5.41, 5.74) is 0.359. The molecule has 6 N–H and O–H groups in total. The lowest BCUT2D eigenvalue weighted by molar-refractivity contribution is -0.111. The monoisotopic (exact) mass is 396 g/mol. The number of hydrogen-bond donors (Lipinski definition) is 6. The first-order valence-electron chi connectivity index (χ1n) is 8.38. The van der Waals surface area contributed by atoms with Gasteiger partial charge in [-0.05, 0) is 6.92 Å². The van der Waals surface area contributed by atoms with Crippen LogP contribution in [0.25, 0.3) is 11.2 Å². The van der Waals surface area contributed by atoms with Gasteiger partial charge < -0.3 is 35.3 Å². The molecule has 0 aliphatic carbocycles. The van der Waals surface area contributed by atoms with E-state index in [0.29, 0.717) is 6.29 Å². The van der Waals surface area contributed by atoms with E-state index in [4.69, 9.17) is 4.74 Å². The molecule has 2 unspecified atom stereocenters. The Labute approximate surface area is 158 Å². The number of nitrogens with zero attached hydrogens (tertiary/aromatic N) is 4. The summed E-state index contributed by atoms with van der Waals surface area (Å²) < 4.78 is 6.79. The minimum absolute atomic E-state index is 0.0169. The van der Waals surface area contributed by atoms with Crippen molar-refractivity contribution in [3.8, 4) is 0 Å². The Balaban J connectivity index is 1.84. The summed E-state index contributed by atoms with van der Waals surface area (Å²) in [5, 5.41) is 43.4. The minimum Gasteiger partial charge on any atom is -0.394 e. The Morgan fingerprint density at radius 2 is 2.11 bits per heavy atom. The molecule has 152 valence electrons. The first kappa shape index (κ1) is 20.0. The zero-order valence-corrected chi connectivity index (χ0v) is 14.7. The molecule has 1 aliphatic rings. The van der Waals surface area contributed by atoms with E-state index in [0.717, 1.165) is 6.33 Å². The van der Waals surface area contributed by atoms with Crippen LogP contribution in [0, 0.1) is 0 Å². The largest absolute Gasteiger partial charge is 0.394 e. The highest BCUT2D eigenvalue weighted by Crippen LogP contribution is 2.32. The molecule has 3 heterocycles. The van der Waals surface area contributed by atoms with E-state index < -0.39 is 49.3 Å². The standard InChI is InChI=1S/C15H20N6O7/c1-6(24)7(2-22)19-15(27)20-12-9-13(17-4-16-12)21(5-18-9)14-11(26)10(25)8(3-23)28-14/h2,4-8,10-11,14,23-26H,3H2,1H3,(H2,16,17,19,20,27)/t6-,7-,8-,10?,11?,14-/m1/s1. The molecule has 0 spiro atoms. The van der Waals surface area contributed by atoms with Gasteiger partial charge in [0.25, 0.3) is 0 Å². The van der Waals surface area contributed by atoms with Crippen molar-refractivity contribution in [2.75, 3.05) is 11.9 Å². The Hall–Kier alpha value is -2.71. The number of urea groups is 1. The molecule has 0 aromatic carbocycles. The number of imidazole rings is 1. The van der Waals surface area contributed by atoms with Crippen LogP contribution in [0.5, 0.6) is 0 Å². The van der Waals surface area contributed by atoms with Crippen molar-refractivity contribution in [3.63, 3.8) is 0 Å². The average Bonchev–Trinajstić information content (AvgIpc) is 3.22. The van der Waals surface area contributed by atoms with Crippen molar-refractivity contribution in [2.45, 2.75) is 43.6 Å². The van der Waals surface area contributed by atoms with Gasteiger partial charge in [0.2, 0.25) is 0 Å². The lowest BCUT2D eigenvalue weighted by Crippen LogP contribution is -2.45. The smallest absolute Gasteiger partial charge is 0.321 e. The molecule has 13 nitrogen and oxygen atoms in total. The predicted octanol–water partition coefficient (Wildman–Crippen LogP) is -2.49. The molecular weight excluding hydrogens is 376 g/mol.